The number of anilines is 1. The molecule has 1 aliphatic heterocycles. The molecule has 0 unspecified atom stereocenters. The molecule has 1 N–H and O–H groups in total. The lowest BCUT2D eigenvalue weighted by Gasteiger charge is -2.18. The first-order valence-electron chi connectivity index (χ1n) is 5.64. The van der Waals surface area contributed by atoms with Crippen LogP contribution >= 0.6 is 0 Å². The summed E-state index contributed by atoms with van der Waals surface area (Å²) in [6.45, 7) is 0. The van der Waals surface area contributed by atoms with Crippen LogP contribution in [0.5, 0.6) is 0 Å². The van der Waals surface area contributed by atoms with Crippen LogP contribution in [0.2, 0.25) is 0 Å². The first kappa shape index (κ1) is 12.7. The summed E-state index contributed by atoms with van der Waals surface area (Å²) in [5.74, 6) is -2.45. The monoisotopic (exact) mass is 294 g/mol. The van der Waals surface area contributed by atoms with Gasteiger partial charge in [-0.25, -0.2) is 8.78 Å². The zero-order chi connectivity index (χ0) is 14.3. The Kier molecular flexibility index (Phi) is 2.79. The number of benzene rings is 2. The number of para-hydroxylation sites is 1. The molecule has 4 nitrogen and oxygen atoms in total. The summed E-state index contributed by atoms with van der Waals surface area (Å²) in [5.41, 5.74) is 0.0456. The van der Waals surface area contributed by atoms with Crippen molar-refractivity contribution in [3.05, 3.63) is 59.7 Å². The molecule has 0 fully saturated rings. The molecule has 0 amide bonds. The van der Waals surface area contributed by atoms with E-state index in [0.29, 0.717) is 0 Å². The summed E-state index contributed by atoms with van der Waals surface area (Å²) < 4.78 is 54.5. The van der Waals surface area contributed by atoms with Gasteiger partial charge < -0.3 is 5.32 Å². The van der Waals surface area contributed by atoms with Gasteiger partial charge in [0, 0.05) is 0 Å². The summed E-state index contributed by atoms with van der Waals surface area (Å²) in [4.78, 5) is 0.000520. The Morgan fingerprint density at radius 2 is 1.75 bits per heavy atom. The minimum absolute atomic E-state index is 0.000520. The molecular weight excluding hydrogens is 286 g/mol. The van der Waals surface area contributed by atoms with Crippen molar-refractivity contribution in [1.29, 1.82) is 0 Å². The van der Waals surface area contributed by atoms with Crippen molar-refractivity contribution in [2.45, 2.75) is 4.90 Å². The fourth-order valence-corrected chi connectivity index (χ4v) is 3.05. The Balaban J connectivity index is 2.19. The SMILES string of the molecule is O=S1(=O)N=C(c2cccc(F)c2F)Nc2ccccc21. The zero-order valence-corrected chi connectivity index (χ0v) is 10.8. The average molecular weight is 294 g/mol. The number of fused-ring (bicyclic) bond motifs is 1. The van der Waals surface area contributed by atoms with E-state index in [1.54, 1.807) is 12.1 Å². The highest BCUT2D eigenvalue weighted by molar-refractivity contribution is 7.90. The van der Waals surface area contributed by atoms with E-state index in [9.17, 15) is 17.2 Å². The van der Waals surface area contributed by atoms with Gasteiger partial charge in [0.05, 0.1) is 11.3 Å². The van der Waals surface area contributed by atoms with E-state index in [-0.39, 0.29) is 22.0 Å². The van der Waals surface area contributed by atoms with Crippen molar-refractivity contribution < 1.29 is 17.2 Å². The quantitative estimate of drug-likeness (QED) is 0.879. The lowest BCUT2D eigenvalue weighted by molar-refractivity contribution is 0.507. The van der Waals surface area contributed by atoms with E-state index in [1.165, 1.54) is 24.3 Å². The van der Waals surface area contributed by atoms with Gasteiger partial charge in [0.15, 0.2) is 17.5 Å². The molecule has 1 aliphatic rings. The summed E-state index contributed by atoms with van der Waals surface area (Å²) in [6.07, 6.45) is 0. The van der Waals surface area contributed by atoms with Crippen molar-refractivity contribution in [1.82, 2.24) is 0 Å². The van der Waals surface area contributed by atoms with Crippen LogP contribution in [0.3, 0.4) is 0 Å². The maximum absolute atomic E-state index is 13.7. The third-order valence-electron chi connectivity index (χ3n) is 2.84. The third-order valence-corrected chi connectivity index (χ3v) is 4.17. The zero-order valence-electron chi connectivity index (χ0n) is 9.97. The molecule has 0 atom stereocenters. The van der Waals surface area contributed by atoms with Gasteiger partial charge in [-0.05, 0) is 24.3 Å². The minimum Gasteiger partial charge on any atom is -0.338 e. The Hall–Kier alpha value is -2.28. The Bertz CT molecular complexity index is 832. The van der Waals surface area contributed by atoms with E-state index >= 15 is 0 Å². The van der Waals surface area contributed by atoms with E-state index < -0.39 is 21.7 Å². The van der Waals surface area contributed by atoms with Gasteiger partial charge >= 0.3 is 0 Å². The molecule has 2 aromatic carbocycles. The molecule has 2 aromatic rings. The molecule has 0 bridgehead atoms. The van der Waals surface area contributed by atoms with E-state index in [4.69, 9.17) is 0 Å². The van der Waals surface area contributed by atoms with E-state index in [0.717, 1.165) is 6.07 Å². The number of hydrogen-bond donors (Lipinski definition) is 1. The predicted molar refractivity (Wildman–Crippen MR) is 70.1 cm³/mol. The minimum atomic E-state index is -3.93. The largest absolute Gasteiger partial charge is 0.338 e. The number of amidine groups is 1. The van der Waals surface area contributed by atoms with Gasteiger partial charge in [-0.15, -0.1) is 4.40 Å². The fraction of sp³-hybridized carbons (Fsp3) is 0. The third kappa shape index (κ3) is 1.96. The normalized spacial score (nSPS) is 16.0. The van der Waals surface area contributed by atoms with Crippen LogP contribution in [0.1, 0.15) is 5.56 Å². The van der Waals surface area contributed by atoms with Crippen LogP contribution < -0.4 is 5.32 Å². The van der Waals surface area contributed by atoms with Crippen LogP contribution in [0.25, 0.3) is 0 Å². The number of hydrogen-bond acceptors (Lipinski definition) is 3. The summed E-state index contributed by atoms with van der Waals surface area (Å²) in [7, 11) is -3.93. The Morgan fingerprint density at radius 3 is 2.55 bits per heavy atom. The molecule has 3 rings (SSSR count). The topological polar surface area (TPSA) is 58.5 Å². The van der Waals surface area contributed by atoms with E-state index in [1.807, 2.05) is 0 Å². The lowest BCUT2D eigenvalue weighted by Crippen LogP contribution is -2.23. The summed E-state index contributed by atoms with van der Waals surface area (Å²) in [6, 6.07) is 9.59. The second-order valence-electron chi connectivity index (χ2n) is 4.14. The average Bonchev–Trinajstić information content (AvgIpc) is 2.41. The van der Waals surface area contributed by atoms with Crippen molar-refractivity contribution >= 4 is 21.5 Å². The van der Waals surface area contributed by atoms with Gasteiger partial charge in [-0.3, -0.25) is 0 Å². The molecule has 0 radical (unpaired) electrons. The van der Waals surface area contributed by atoms with Crippen molar-refractivity contribution in [3.63, 3.8) is 0 Å². The van der Waals surface area contributed by atoms with Gasteiger partial charge in [0.2, 0.25) is 0 Å². The summed E-state index contributed by atoms with van der Waals surface area (Å²) in [5, 5.41) is 2.70. The van der Waals surface area contributed by atoms with Crippen LogP contribution in [0.4, 0.5) is 14.5 Å². The van der Waals surface area contributed by atoms with Gasteiger partial charge in [0.25, 0.3) is 10.0 Å². The van der Waals surface area contributed by atoms with Crippen molar-refractivity contribution in [3.8, 4) is 0 Å². The molecule has 102 valence electrons. The number of nitrogens with zero attached hydrogens (tertiary/aromatic N) is 1. The van der Waals surface area contributed by atoms with Gasteiger partial charge in [-0.2, -0.15) is 8.42 Å². The number of sulfonamides is 1. The molecule has 20 heavy (non-hydrogen) atoms. The second-order valence-corrected chi connectivity index (χ2v) is 5.71. The van der Waals surface area contributed by atoms with Crippen LogP contribution in [-0.2, 0) is 10.0 Å². The van der Waals surface area contributed by atoms with Gasteiger partial charge in [0.1, 0.15) is 4.90 Å². The molecule has 0 saturated carbocycles. The Labute approximate surface area is 113 Å². The fourth-order valence-electron chi connectivity index (χ4n) is 1.92. The molecular formula is C13H8F2N2O2S. The number of halogens is 2. The van der Waals surface area contributed by atoms with Crippen LogP contribution in [0, 0.1) is 11.6 Å². The highest BCUT2D eigenvalue weighted by Gasteiger charge is 2.26. The molecule has 0 aromatic heterocycles. The molecule has 0 saturated heterocycles. The number of rotatable bonds is 1. The maximum Gasteiger partial charge on any atom is 0.286 e. The van der Waals surface area contributed by atoms with Gasteiger partial charge in [-0.1, -0.05) is 18.2 Å². The predicted octanol–water partition coefficient (Wildman–Crippen LogP) is 2.53. The highest BCUT2D eigenvalue weighted by Crippen LogP contribution is 2.28. The van der Waals surface area contributed by atoms with Crippen LogP contribution in [0.15, 0.2) is 51.8 Å². The first-order valence-corrected chi connectivity index (χ1v) is 7.08. The molecule has 0 aliphatic carbocycles. The lowest BCUT2D eigenvalue weighted by atomic mass is 10.1. The van der Waals surface area contributed by atoms with Crippen LogP contribution in [-0.4, -0.2) is 14.3 Å². The smallest absolute Gasteiger partial charge is 0.286 e. The maximum atomic E-state index is 13.7. The molecule has 1 heterocycles. The number of nitrogens with one attached hydrogen (secondary N) is 1. The molecule has 0 spiro atoms. The second kappa shape index (κ2) is 4.38. The van der Waals surface area contributed by atoms with Crippen molar-refractivity contribution in [2.24, 2.45) is 4.40 Å². The summed E-state index contributed by atoms with van der Waals surface area (Å²) >= 11 is 0. The van der Waals surface area contributed by atoms with E-state index in [2.05, 4.69) is 9.71 Å². The highest BCUT2D eigenvalue weighted by atomic mass is 32.2. The van der Waals surface area contributed by atoms with Crippen molar-refractivity contribution in [2.75, 3.05) is 5.32 Å². The Morgan fingerprint density at radius 1 is 1.00 bits per heavy atom. The first-order chi connectivity index (χ1) is 9.49. The standard InChI is InChI=1S/C13H8F2N2O2S/c14-9-5-3-4-8(12(9)15)13-16-10-6-1-2-7-11(10)20(18,19)17-13/h1-7H,(H,16,17). The molecule has 7 heteroatoms.